The lowest BCUT2D eigenvalue weighted by atomic mass is 10.2. The van der Waals surface area contributed by atoms with Gasteiger partial charge in [0.2, 0.25) is 5.95 Å². The van der Waals surface area contributed by atoms with E-state index in [1.54, 1.807) is 30.7 Å². The van der Waals surface area contributed by atoms with Crippen LogP contribution < -0.4 is 10.2 Å². The third kappa shape index (κ3) is 4.52. The van der Waals surface area contributed by atoms with Crippen molar-refractivity contribution in [2.75, 3.05) is 23.8 Å². The molecule has 0 unspecified atom stereocenters. The molecule has 25 heavy (non-hydrogen) atoms. The molecule has 3 rings (SSSR count). The Morgan fingerprint density at radius 1 is 1.04 bits per heavy atom. The Bertz CT molecular complexity index is 855. The van der Waals surface area contributed by atoms with E-state index in [1.165, 1.54) is 5.56 Å². The minimum atomic E-state index is 0.526. The normalized spacial score (nSPS) is 10.1. The number of benzene rings is 1. The van der Waals surface area contributed by atoms with Gasteiger partial charge in [-0.15, -0.1) is 0 Å². The van der Waals surface area contributed by atoms with E-state index in [0.29, 0.717) is 11.5 Å². The van der Waals surface area contributed by atoms with Gasteiger partial charge < -0.3 is 10.2 Å². The number of hydrogen-bond donors (Lipinski definition) is 1. The lowest BCUT2D eigenvalue weighted by Gasteiger charge is -2.18. The van der Waals surface area contributed by atoms with Crippen LogP contribution in [0.25, 0.3) is 0 Å². The molecule has 2 aromatic heterocycles. The van der Waals surface area contributed by atoms with Crippen LogP contribution in [0.3, 0.4) is 0 Å². The molecule has 0 saturated carbocycles. The van der Waals surface area contributed by atoms with Crippen LogP contribution in [-0.4, -0.2) is 28.5 Å². The summed E-state index contributed by atoms with van der Waals surface area (Å²) in [5, 5.41) is 12.0. The molecule has 0 saturated heterocycles. The monoisotopic (exact) mass is 330 g/mol. The molecular weight excluding hydrogens is 312 g/mol. The van der Waals surface area contributed by atoms with Crippen molar-refractivity contribution in [3.05, 3.63) is 72.2 Å². The maximum atomic E-state index is 8.84. The highest BCUT2D eigenvalue weighted by molar-refractivity contribution is 5.56. The second kappa shape index (κ2) is 7.88. The molecule has 0 aliphatic heterocycles. The molecule has 0 fully saturated rings. The van der Waals surface area contributed by atoms with Gasteiger partial charge in [0.1, 0.15) is 5.82 Å². The summed E-state index contributed by atoms with van der Waals surface area (Å²) in [6, 6.07) is 15.2. The average molecular weight is 330 g/mol. The van der Waals surface area contributed by atoms with Gasteiger partial charge in [-0.3, -0.25) is 4.98 Å². The van der Waals surface area contributed by atoms with E-state index in [1.807, 2.05) is 37.4 Å². The van der Waals surface area contributed by atoms with Gasteiger partial charge in [-0.2, -0.15) is 10.2 Å². The first-order valence-electron chi connectivity index (χ1n) is 7.95. The largest absolute Gasteiger partial charge is 0.359 e. The molecule has 0 amide bonds. The Balaban J connectivity index is 1.64. The maximum absolute atomic E-state index is 8.84. The van der Waals surface area contributed by atoms with Gasteiger partial charge in [0.15, 0.2) is 0 Å². The van der Waals surface area contributed by atoms with E-state index in [9.17, 15) is 0 Å². The lowest BCUT2D eigenvalue weighted by Crippen LogP contribution is -2.21. The van der Waals surface area contributed by atoms with Crippen LogP contribution in [0.15, 0.2) is 61.1 Å². The number of nitrogens with zero attached hydrogens (tertiary/aromatic N) is 5. The molecule has 0 aliphatic carbocycles. The van der Waals surface area contributed by atoms with Crippen molar-refractivity contribution >= 4 is 17.5 Å². The second-order valence-electron chi connectivity index (χ2n) is 5.58. The third-order valence-electron chi connectivity index (χ3n) is 3.79. The SMILES string of the molecule is CN(CCc1ccncc1)c1ccnc(Nc2ccc(C#N)cc2)n1. The van der Waals surface area contributed by atoms with Crippen LogP contribution in [0, 0.1) is 11.3 Å². The average Bonchev–Trinajstić information content (AvgIpc) is 2.68. The molecule has 3 aromatic rings. The van der Waals surface area contributed by atoms with Gasteiger partial charge in [-0.25, -0.2) is 4.98 Å². The number of hydrogen-bond acceptors (Lipinski definition) is 6. The molecule has 1 aromatic carbocycles. The van der Waals surface area contributed by atoms with Crippen LogP contribution in [0.1, 0.15) is 11.1 Å². The highest BCUT2D eigenvalue weighted by atomic mass is 15.2. The number of likely N-dealkylation sites (N-methyl/N-ethyl adjacent to an activating group) is 1. The highest BCUT2D eigenvalue weighted by Gasteiger charge is 2.05. The summed E-state index contributed by atoms with van der Waals surface area (Å²) in [6.07, 6.45) is 6.26. The Hall–Kier alpha value is -3.46. The molecular formula is C19H18N6. The molecule has 124 valence electrons. The fourth-order valence-corrected chi connectivity index (χ4v) is 2.34. The molecule has 6 heteroatoms. The van der Waals surface area contributed by atoms with Crippen molar-refractivity contribution in [2.45, 2.75) is 6.42 Å². The van der Waals surface area contributed by atoms with Crippen molar-refractivity contribution < 1.29 is 0 Å². The Kier molecular flexibility index (Phi) is 5.17. The summed E-state index contributed by atoms with van der Waals surface area (Å²) in [5.41, 5.74) is 2.71. The van der Waals surface area contributed by atoms with Gasteiger partial charge >= 0.3 is 0 Å². The molecule has 0 spiro atoms. The van der Waals surface area contributed by atoms with Crippen molar-refractivity contribution in [1.29, 1.82) is 5.26 Å². The first-order valence-corrected chi connectivity index (χ1v) is 7.95. The topological polar surface area (TPSA) is 77.7 Å². The van der Waals surface area contributed by atoms with E-state index in [2.05, 4.69) is 31.2 Å². The molecule has 6 nitrogen and oxygen atoms in total. The third-order valence-corrected chi connectivity index (χ3v) is 3.79. The second-order valence-corrected chi connectivity index (χ2v) is 5.58. The molecule has 1 N–H and O–H groups in total. The highest BCUT2D eigenvalue weighted by Crippen LogP contribution is 2.16. The van der Waals surface area contributed by atoms with E-state index in [0.717, 1.165) is 24.5 Å². The van der Waals surface area contributed by atoms with E-state index in [4.69, 9.17) is 5.26 Å². The summed E-state index contributed by atoms with van der Waals surface area (Å²) in [7, 11) is 2.01. The Morgan fingerprint density at radius 3 is 2.52 bits per heavy atom. The van der Waals surface area contributed by atoms with Crippen LogP contribution in [0.4, 0.5) is 17.5 Å². The number of pyridine rings is 1. The van der Waals surface area contributed by atoms with Crippen LogP contribution in [0.5, 0.6) is 0 Å². The molecule has 0 bridgehead atoms. The number of aromatic nitrogens is 3. The Morgan fingerprint density at radius 2 is 1.80 bits per heavy atom. The van der Waals surface area contributed by atoms with Gasteiger partial charge in [-0.1, -0.05) is 0 Å². The van der Waals surface area contributed by atoms with Crippen LogP contribution in [-0.2, 0) is 6.42 Å². The summed E-state index contributed by atoms with van der Waals surface area (Å²) in [6.45, 7) is 0.845. The van der Waals surface area contributed by atoms with Crippen LogP contribution in [0.2, 0.25) is 0 Å². The van der Waals surface area contributed by atoms with E-state index in [-0.39, 0.29) is 0 Å². The zero-order chi connectivity index (χ0) is 17.5. The molecule has 2 heterocycles. The zero-order valence-corrected chi connectivity index (χ0v) is 13.9. The van der Waals surface area contributed by atoms with Crippen LogP contribution >= 0.6 is 0 Å². The van der Waals surface area contributed by atoms with E-state index >= 15 is 0 Å². The zero-order valence-electron chi connectivity index (χ0n) is 13.9. The summed E-state index contributed by atoms with van der Waals surface area (Å²) >= 11 is 0. The van der Waals surface area contributed by atoms with Crippen molar-refractivity contribution in [3.8, 4) is 6.07 Å². The molecule has 0 aliphatic rings. The summed E-state index contributed by atoms with van der Waals surface area (Å²) in [4.78, 5) is 14.9. The minimum Gasteiger partial charge on any atom is -0.359 e. The van der Waals surface area contributed by atoms with Crippen molar-refractivity contribution in [2.24, 2.45) is 0 Å². The predicted octanol–water partition coefficient (Wildman–Crippen LogP) is 3.17. The molecule has 0 radical (unpaired) electrons. The number of nitriles is 1. The van der Waals surface area contributed by atoms with Gasteiger partial charge in [0, 0.05) is 37.9 Å². The summed E-state index contributed by atoms with van der Waals surface area (Å²) < 4.78 is 0. The van der Waals surface area contributed by atoms with Gasteiger partial charge in [-0.05, 0) is 54.4 Å². The number of anilines is 3. The first kappa shape index (κ1) is 16.4. The quantitative estimate of drug-likeness (QED) is 0.748. The molecule has 0 atom stereocenters. The van der Waals surface area contributed by atoms with E-state index < -0.39 is 0 Å². The fraction of sp³-hybridized carbons (Fsp3) is 0.158. The number of nitrogens with one attached hydrogen (secondary N) is 1. The standard InChI is InChI=1S/C19H18N6/c1-25(13-9-15-6-10-21-11-7-15)18-8-12-22-19(24-18)23-17-4-2-16(14-20)3-5-17/h2-8,10-12H,9,13H2,1H3,(H,22,23,24). The number of rotatable bonds is 6. The minimum absolute atomic E-state index is 0.526. The Labute approximate surface area is 146 Å². The van der Waals surface area contributed by atoms with Gasteiger partial charge in [0.05, 0.1) is 11.6 Å². The first-order chi connectivity index (χ1) is 12.2. The lowest BCUT2D eigenvalue weighted by molar-refractivity contribution is 0.855. The van der Waals surface area contributed by atoms with Crippen molar-refractivity contribution in [1.82, 2.24) is 15.0 Å². The fourth-order valence-electron chi connectivity index (χ4n) is 2.34. The smallest absolute Gasteiger partial charge is 0.229 e. The predicted molar refractivity (Wildman–Crippen MR) is 97.7 cm³/mol. The maximum Gasteiger partial charge on any atom is 0.229 e. The van der Waals surface area contributed by atoms with Crippen molar-refractivity contribution in [3.63, 3.8) is 0 Å². The van der Waals surface area contributed by atoms with Gasteiger partial charge in [0.25, 0.3) is 0 Å². The summed E-state index contributed by atoms with van der Waals surface area (Å²) in [5.74, 6) is 1.37.